The van der Waals surface area contributed by atoms with Gasteiger partial charge in [-0.15, -0.1) is 0 Å². The molecule has 1 aromatic rings. The van der Waals surface area contributed by atoms with Crippen molar-refractivity contribution in [3.63, 3.8) is 0 Å². The van der Waals surface area contributed by atoms with Crippen molar-refractivity contribution in [2.45, 2.75) is 58.9 Å². The Kier molecular flexibility index (Phi) is 4.00. The maximum Gasteiger partial charge on any atom is 0.186 e. The molecule has 4 heteroatoms. The highest BCUT2D eigenvalue weighted by Crippen LogP contribution is 2.37. The van der Waals surface area contributed by atoms with Crippen molar-refractivity contribution in [2.75, 3.05) is 11.4 Å². The molecule has 0 radical (unpaired) electrons. The smallest absolute Gasteiger partial charge is 0.186 e. The van der Waals surface area contributed by atoms with Gasteiger partial charge in [0.15, 0.2) is 11.4 Å². The summed E-state index contributed by atoms with van der Waals surface area (Å²) in [6.07, 6.45) is 3.42. The number of rotatable bonds is 3. The zero-order chi connectivity index (χ0) is 14.2. The van der Waals surface area contributed by atoms with Crippen LogP contribution in [0.3, 0.4) is 0 Å². The van der Waals surface area contributed by atoms with Crippen LogP contribution in [-0.4, -0.2) is 23.9 Å². The molecular formula is C15H24N2OS. The SMILES string of the molecule is CC(C)C1CCCN1c1nc(C(C)(C)C)c(C=O)s1. The summed E-state index contributed by atoms with van der Waals surface area (Å²) in [5, 5.41) is 1.03. The van der Waals surface area contributed by atoms with E-state index in [4.69, 9.17) is 4.98 Å². The Morgan fingerprint density at radius 2 is 2.11 bits per heavy atom. The van der Waals surface area contributed by atoms with E-state index in [1.807, 2.05) is 0 Å². The number of thiazole rings is 1. The predicted octanol–water partition coefficient (Wildman–Crippen LogP) is 3.88. The van der Waals surface area contributed by atoms with Crippen LogP contribution in [0, 0.1) is 5.92 Å². The summed E-state index contributed by atoms with van der Waals surface area (Å²) in [7, 11) is 0. The van der Waals surface area contributed by atoms with Crippen LogP contribution in [0.15, 0.2) is 0 Å². The monoisotopic (exact) mass is 280 g/mol. The second-order valence-corrected chi connectivity index (χ2v) is 7.73. The van der Waals surface area contributed by atoms with Gasteiger partial charge in [-0.2, -0.15) is 0 Å². The number of carbonyl (C=O) groups is 1. The molecule has 0 spiro atoms. The maximum absolute atomic E-state index is 11.3. The average Bonchev–Trinajstić information content (AvgIpc) is 2.93. The third-order valence-electron chi connectivity index (χ3n) is 3.77. The molecule has 0 aromatic carbocycles. The van der Waals surface area contributed by atoms with Gasteiger partial charge in [0.2, 0.25) is 0 Å². The molecule has 0 bridgehead atoms. The summed E-state index contributed by atoms with van der Waals surface area (Å²) < 4.78 is 0. The summed E-state index contributed by atoms with van der Waals surface area (Å²) in [6.45, 7) is 11.9. The van der Waals surface area contributed by atoms with Gasteiger partial charge in [-0.1, -0.05) is 46.0 Å². The van der Waals surface area contributed by atoms with Crippen molar-refractivity contribution in [1.29, 1.82) is 0 Å². The van der Waals surface area contributed by atoms with E-state index in [2.05, 4.69) is 39.5 Å². The van der Waals surface area contributed by atoms with Crippen LogP contribution < -0.4 is 4.90 Å². The van der Waals surface area contributed by atoms with Gasteiger partial charge in [0.1, 0.15) is 0 Å². The van der Waals surface area contributed by atoms with Crippen molar-refractivity contribution < 1.29 is 4.79 Å². The van der Waals surface area contributed by atoms with E-state index >= 15 is 0 Å². The minimum atomic E-state index is -0.0714. The van der Waals surface area contributed by atoms with Crippen LogP contribution in [0.5, 0.6) is 0 Å². The van der Waals surface area contributed by atoms with Gasteiger partial charge < -0.3 is 4.90 Å². The van der Waals surface area contributed by atoms with Crippen LogP contribution in [0.4, 0.5) is 5.13 Å². The normalized spacial score (nSPS) is 20.3. The van der Waals surface area contributed by atoms with Crippen LogP contribution >= 0.6 is 11.3 Å². The Hall–Kier alpha value is -0.900. The topological polar surface area (TPSA) is 33.2 Å². The molecule has 1 fully saturated rings. The first-order valence-electron chi connectivity index (χ1n) is 7.07. The fourth-order valence-corrected chi connectivity index (χ4v) is 3.96. The molecule has 1 aliphatic rings. The van der Waals surface area contributed by atoms with Crippen molar-refractivity contribution in [1.82, 2.24) is 4.98 Å². The fourth-order valence-electron chi connectivity index (χ4n) is 2.78. The molecule has 1 unspecified atom stereocenters. The number of anilines is 1. The first-order chi connectivity index (χ1) is 8.84. The van der Waals surface area contributed by atoms with E-state index in [1.165, 1.54) is 12.8 Å². The second-order valence-electron chi connectivity index (χ2n) is 6.72. The lowest BCUT2D eigenvalue weighted by molar-refractivity contribution is 0.112. The second kappa shape index (κ2) is 5.23. The highest BCUT2D eigenvalue weighted by Gasteiger charge is 2.31. The first kappa shape index (κ1) is 14.5. The van der Waals surface area contributed by atoms with Gasteiger partial charge in [0, 0.05) is 18.0 Å². The molecule has 0 aliphatic carbocycles. The third kappa shape index (κ3) is 2.83. The van der Waals surface area contributed by atoms with Crippen LogP contribution in [0.25, 0.3) is 0 Å². The number of hydrogen-bond donors (Lipinski definition) is 0. The number of carbonyl (C=O) groups excluding carboxylic acids is 1. The van der Waals surface area contributed by atoms with E-state index in [-0.39, 0.29) is 5.41 Å². The minimum Gasteiger partial charge on any atom is -0.345 e. The summed E-state index contributed by atoms with van der Waals surface area (Å²) in [5.74, 6) is 0.629. The molecule has 19 heavy (non-hydrogen) atoms. The molecule has 1 aromatic heterocycles. The Morgan fingerprint density at radius 1 is 1.42 bits per heavy atom. The number of hydrogen-bond acceptors (Lipinski definition) is 4. The first-order valence-corrected chi connectivity index (χ1v) is 7.89. The predicted molar refractivity (Wildman–Crippen MR) is 81.4 cm³/mol. The lowest BCUT2D eigenvalue weighted by Gasteiger charge is -2.27. The zero-order valence-corrected chi connectivity index (χ0v) is 13.4. The highest BCUT2D eigenvalue weighted by atomic mass is 32.1. The number of aldehydes is 1. The Labute approximate surface area is 120 Å². The maximum atomic E-state index is 11.3. The van der Waals surface area contributed by atoms with Crippen molar-refractivity contribution >= 4 is 22.8 Å². The lowest BCUT2D eigenvalue weighted by atomic mass is 9.91. The fraction of sp³-hybridized carbons (Fsp3) is 0.733. The summed E-state index contributed by atoms with van der Waals surface area (Å²) in [4.78, 5) is 19.2. The van der Waals surface area contributed by atoms with Gasteiger partial charge in [-0.05, 0) is 18.8 Å². The third-order valence-corrected chi connectivity index (χ3v) is 4.79. The molecule has 1 aliphatic heterocycles. The van der Waals surface area contributed by atoms with Crippen molar-refractivity contribution in [2.24, 2.45) is 5.92 Å². The van der Waals surface area contributed by atoms with E-state index < -0.39 is 0 Å². The van der Waals surface area contributed by atoms with E-state index in [1.54, 1.807) is 11.3 Å². The van der Waals surface area contributed by atoms with Crippen molar-refractivity contribution in [3.05, 3.63) is 10.6 Å². The minimum absolute atomic E-state index is 0.0714. The van der Waals surface area contributed by atoms with Crippen LogP contribution in [0.1, 0.15) is 62.8 Å². The average molecular weight is 280 g/mol. The molecule has 2 rings (SSSR count). The molecule has 0 saturated carbocycles. The van der Waals surface area contributed by atoms with E-state index in [0.29, 0.717) is 12.0 Å². The van der Waals surface area contributed by atoms with Crippen molar-refractivity contribution in [3.8, 4) is 0 Å². The summed E-state index contributed by atoms with van der Waals surface area (Å²) >= 11 is 1.55. The summed E-state index contributed by atoms with van der Waals surface area (Å²) in [5.41, 5.74) is 0.870. The largest absolute Gasteiger partial charge is 0.345 e. The molecule has 1 atom stereocenters. The Bertz CT molecular complexity index is 459. The van der Waals surface area contributed by atoms with Gasteiger partial charge in [0.25, 0.3) is 0 Å². The van der Waals surface area contributed by atoms with Gasteiger partial charge in [0.05, 0.1) is 10.6 Å². The molecule has 106 valence electrons. The molecule has 2 heterocycles. The van der Waals surface area contributed by atoms with Gasteiger partial charge in [-0.25, -0.2) is 4.98 Å². The molecule has 3 nitrogen and oxygen atoms in total. The Balaban J connectivity index is 2.36. The molecule has 1 saturated heterocycles. The highest BCUT2D eigenvalue weighted by molar-refractivity contribution is 7.17. The zero-order valence-electron chi connectivity index (χ0n) is 12.6. The Morgan fingerprint density at radius 3 is 2.58 bits per heavy atom. The van der Waals surface area contributed by atoms with Gasteiger partial charge >= 0.3 is 0 Å². The standard InChI is InChI=1S/C15H24N2OS/c1-10(2)11-7-6-8-17(11)14-16-13(15(3,4)5)12(9-18)19-14/h9-11H,6-8H2,1-5H3. The number of nitrogens with zero attached hydrogens (tertiary/aromatic N) is 2. The van der Waals surface area contributed by atoms with Crippen LogP contribution in [0.2, 0.25) is 0 Å². The van der Waals surface area contributed by atoms with E-state index in [9.17, 15) is 4.79 Å². The van der Waals surface area contributed by atoms with Gasteiger partial charge in [-0.3, -0.25) is 4.79 Å². The van der Waals surface area contributed by atoms with E-state index in [0.717, 1.165) is 28.5 Å². The molecular weight excluding hydrogens is 256 g/mol. The number of aromatic nitrogens is 1. The molecule has 0 amide bonds. The summed E-state index contributed by atoms with van der Waals surface area (Å²) in [6, 6.07) is 0.568. The quantitative estimate of drug-likeness (QED) is 0.788. The van der Waals surface area contributed by atoms with Crippen LogP contribution in [-0.2, 0) is 5.41 Å². The molecule has 0 N–H and O–H groups in total. The lowest BCUT2D eigenvalue weighted by Crippen LogP contribution is -2.33.